The summed E-state index contributed by atoms with van der Waals surface area (Å²) in [4.78, 5) is 51.3. The minimum absolute atomic E-state index is 0.0938. The maximum absolute atomic E-state index is 13.2. The molecule has 2 N–H and O–H groups in total. The van der Waals surface area contributed by atoms with E-state index < -0.39 is 17.8 Å². The number of rotatable bonds is 15. The zero-order valence-corrected chi connectivity index (χ0v) is 27.6. The third-order valence-electron chi connectivity index (χ3n) is 6.43. The van der Waals surface area contributed by atoms with E-state index in [1.54, 1.807) is 25.3 Å². The van der Waals surface area contributed by atoms with Crippen molar-refractivity contribution in [1.82, 2.24) is 20.1 Å². The normalized spacial score (nSPS) is 10.7. The number of benzene rings is 2. The predicted octanol–water partition coefficient (Wildman–Crippen LogP) is 4.98. The second kappa shape index (κ2) is 16.6. The van der Waals surface area contributed by atoms with Crippen LogP contribution >= 0.6 is 23.1 Å². The fourth-order valence-electron chi connectivity index (χ4n) is 4.38. The van der Waals surface area contributed by atoms with Gasteiger partial charge in [0.1, 0.15) is 15.6 Å². The fourth-order valence-corrected chi connectivity index (χ4v) is 6.26. The number of nitrogens with zero attached hydrogens (tertiary/aromatic N) is 3. The Kier molecular flexibility index (Phi) is 12.3. The molecule has 2 aromatic heterocycles. The van der Waals surface area contributed by atoms with Crippen LogP contribution < -0.4 is 15.4 Å². The number of nitrogens with one attached hydrogen (secondary N) is 2. The van der Waals surface area contributed by atoms with Crippen LogP contribution in [0.15, 0.2) is 59.8 Å². The highest BCUT2D eigenvalue weighted by Gasteiger charge is 2.27. The van der Waals surface area contributed by atoms with Gasteiger partial charge in [-0.3, -0.25) is 14.2 Å². The Balaban J connectivity index is 1.53. The van der Waals surface area contributed by atoms with Crippen molar-refractivity contribution in [2.24, 2.45) is 0 Å². The summed E-state index contributed by atoms with van der Waals surface area (Å²) in [5.41, 5.74) is 2.08. The average Bonchev–Trinajstić information content (AvgIpc) is 3.60. The monoisotopic (exact) mass is 665 g/mol. The number of thioether (sulfide) groups is 1. The van der Waals surface area contributed by atoms with E-state index in [-0.39, 0.29) is 53.3 Å². The Hall–Kier alpha value is -4.69. The molecule has 4 rings (SSSR count). The van der Waals surface area contributed by atoms with Crippen molar-refractivity contribution in [3.63, 3.8) is 0 Å². The smallest absolute Gasteiger partial charge is 0.348 e. The summed E-state index contributed by atoms with van der Waals surface area (Å²) < 4.78 is 17.6. The van der Waals surface area contributed by atoms with Gasteiger partial charge in [0.2, 0.25) is 11.8 Å². The SMILES string of the molecule is CCOC(=O)c1sc(NC(=O)CSc2nnc(CNC(=O)Cc3ccccc3)n2-c2ccc(OCC)cc2)c(C(=O)OCC)c1C. The second-order valence-electron chi connectivity index (χ2n) is 9.64. The summed E-state index contributed by atoms with van der Waals surface area (Å²) in [6.45, 7) is 7.77. The largest absolute Gasteiger partial charge is 0.494 e. The van der Waals surface area contributed by atoms with Crippen LogP contribution in [0.2, 0.25) is 0 Å². The van der Waals surface area contributed by atoms with E-state index >= 15 is 0 Å². The second-order valence-corrected chi connectivity index (χ2v) is 11.6. The topological polar surface area (TPSA) is 151 Å². The van der Waals surface area contributed by atoms with Crippen LogP contribution in [0, 0.1) is 6.92 Å². The number of anilines is 1. The first kappa shape index (κ1) is 34.2. The Morgan fingerprint density at radius 3 is 2.24 bits per heavy atom. The Labute approximate surface area is 274 Å². The van der Waals surface area contributed by atoms with E-state index in [2.05, 4.69) is 20.8 Å². The average molecular weight is 666 g/mol. The zero-order chi connectivity index (χ0) is 33.1. The Bertz CT molecular complexity index is 1670. The fraction of sp³-hybridized carbons (Fsp3) is 0.312. The molecule has 4 aromatic rings. The van der Waals surface area contributed by atoms with E-state index in [4.69, 9.17) is 14.2 Å². The van der Waals surface area contributed by atoms with Gasteiger partial charge in [-0.1, -0.05) is 42.1 Å². The number of hydrogen-bond acceptors (Lipinski definition) is 11. The van der Waals surface area contributed by atoms with Gasteiger partial charge in [-0.05, 0) is 63.1 Å². The first-order valence-corrected chi connectivity index (χ1v) is 16.4. The first-order chi connectivity index (χ1) is 22.2. The van der Waals surface area contributed by atoms with Crippen molar-refractivity contribution in [3.05, 3.63) is 82.0 Å². The molecule has 46 heavy (non-hydrogen) atoms. The number of thiophene rings is 1. The van der Waals surface area contributed by atoms with Gasteiger partial charge in [0, 0.05) is 5.69 Å². The molecule has 2 amide bonds. The predicted molar refractivity (Wildman–Crippen MR) is 175 cm³/mol. The van der Waals surface area contributed by atoms with Crippen LogP contribution in [0.4, 0.5) is 5.00 Å². The summed E-state index contributed by atoms with van der Waals surface area (Å²) in [5.74, 6) is -0.787. The molecule has 0 saturated heterocycles. The van der Waals surface area contributed by atoms with Crippen molar-refractivity contribution < 1.29 is 33.4 Å². The molecule has 0 fully saturated rings. The van der Waals surface area contributed by atoms with E-state index in [0.29, 0.717) is 34.6 Å². The van der Waals surface area contributed by atoms with Crippen LogP contribution in [-0.2, 0) is 32.0 Å². The molecule has 0 spiro atoms. The van der Waals surface area contributed by atoms with Gasteiger partial charge in [-0.25, -0.2) is 9.59 Å². The molecule has 0 aliphatic carbocycles. The molecule has 0 unspecified atom stereocenters. The van der Waals surface area contributed by atoms with Crippen LogP contribution in [0.1, 0.15) is 57.8 Å². The van der Waals surface area contributed by atoms with Gasteiger partial charge in [0.15, 0.2) is 11.0 Å². The molecule has 0 aliphatic heterocycles. The van der Waals surface area contributed by atoms with Crippen LogP contribution in [0.5, 0.6) is 5.75 Å². The molecule has 0 atom stereocenters. The quantitative estimate of drug-likeness (QED) is 0.131. The number of ether oxygens (including phenoxy) is 3. The summed E-state index contributed by atoms with van der Waals surface area (Å²) >= 11 is 2.08. The Morgan fingerprint density at radius 2 is 1.57 bits per heavy atom. The molecule has 2 heterocycles. The van der Waals surface area contributed by atoms with Crippen molar-refractivity contribution in [3.8, 4) is 11.4 Å². The minimum atomic E-state index is -0.649. The number of hydrogen-bond donors (Lipinski definition) is 2. The summed E-state index contributed by atoms with van der Waals surface area (Å²) in [7, 11) is 0. The molecule has 0 bridgehead atoms. The van der Waals surface area contributed by atoms with Gasteiger partial charge in [-0.15, -0.1) is 21.5 Å². The first-order valence-electron chi connectivity index (χ1n) is 14.6. The molecule has 2 aromatic carbocycles. The molecule has 242 valence electrons. The van der Waals surface area contributed by atoms with Gasteiger partial charge in [0.25, 0.3) is 0 Å². The molecular weight excluding hydrogens is 631 g/mol. The number of amides is 2. The van der Waals surface area contributed by atoms with Crippen molar-refractivity contribution in [2.45, 2.75) is 45.8 Å². The lowest BCUT2D eigenvalue weighted by molar-refractivity contribution is -0.120. The number of aromatic nitrogens is 3. The minimum Gasteiger partial charge on any atom is -0.494 e. The van der Waals surface area contributed by atoms with Crippen LogP contribution in [0.25, 0.3) is 5.69 Å². The lowest BCUT2D eigenvalue weighted by Crippen LogP contribution is -2.26. The summed E-state index contributed by atoms with van der Waals surface area (Å²) in [6.07, 6.45) is 0.216. The molecule has 12 nitrogen and oxygen atoms in total. The molecular formula is C32H35N5O7S2. The van der Waals surface area contributed by atoms with Crippen molar-refractivity contribution in [1.29, 1.82) is 0 Å². The van der Waals surface area contributed by atoms with Crippen LogP contribution in [-0.4, -0.2) is 64.1 Å². The van der Waals surface area contributed by atoms with Gasteiger partial charge in [-0.2, -0.15) is 0 Å². The van der Waals surface area contributed by atoms with E-state index in [0.717, 1.165) is 28.7 Å². The Morgan fingerprint density at radius 1 is 0.870 bits per heavy atom. The van der Waals surface area contributed by atoms with Gasteiger partial charge in [0.05, 0.1) is 44.1 Å². The molecule has 0 aliphatic rings. The zero-order valence-electron chi connectivity index (χ0n) is 26.0. The van der Waals surface area contributed by atoms with Crippen molar-refractivity contribution in [2.75, 3.05) is 30.9 Å². The third-order valence-corrected chi connectivity index (χ3v) is 8.55. The highest BCUT2D eigenvalue weighted by molar-refractivity contribution is 7.99. The van der Waals surface area contributed by atoms with E-state index in [1.165, 1.54) is 0 Å². The van der Waals surface area contributed by atoms with Crippen LogP contribution in [0.3, 0.4) is 0 Å². The maximum atomic E-state index is 13.2. The molecule has 0 radical (unpaired) electrons. The molecule has 0 saturated carbocycles. The maximum Gasteiger partial charge on any atom is 0.348 e. The highest BCUT2D eigenvalue weighted by Crippen LogP contribution is 2.35. The lowest BCUT2D eigenvalue weighted by Gasteiger charge is -2.12. The number of carbonyl (C=O) groups excluding carboxylic acids is 4. The summed E-state index contributed by atoms with van der Waals surface area (Å²) in [5, 5.41) is 14.9. The third kappa shape index (κ3) is 8.73. The summed E-state index contributed by atoms with van der Waals surface area (Å²) in [6, 6.07) is 16.7. The lowest BCUT2D eigenvalue weighted by atomic mass is 10.1. The van der Waals surface area contributed by atoms with E-state index in [9.17, 15) is 19.2 Å². The van der Waals surface area contributed by atoms with Crippen molar-refractivity contribution >= 4 is 51.9 Å². The number of carbonyl (C=O) groups is 4. The standard InChI is InChI=1S/C32H35N5O7S2/c1-5-42-23-15-13-22(14-16-23)37-24(18-33-25(38)17-21-11-9-8-10-12-21)35-36-32(37)45-19-26(39)34-29-27(30(40)43-6-2)20(4)28(46-29)31(41)44-7-3/h8-16H,5-7,17-19H2,1-4H3,(H,33,38)(H,34,39). The number of esters is 2. The van der Waals surface area contributed by atoms with E-state index in [1.807, 2.05) is 61.5 Å². The highest BCUT2D eigenvalue weighted by atomic mass is 32.2. The van der Waals surface area contributed by atoms with Gasteiger partial charge < -0.3 is 24.8 Å². The molecule has 14 heteroatoms. The van der Waals surface area contributed by atoms with Gasteiger partial charge >= 0.3 is 11.9 Å².